The number of hydrogen-bond acceptors (Lipinski definition) is 1. The lowest BCUT2D eigenvalue weighted by Gasteiger charge is -2.08. The number of aromatic nitrogens is 2. The van der Waals surface area contributed by atoms with Gasteiger partial charge in [-0.1, -0.05) is 103 Å². The maximum absolute atomic E-state index is 3.53. The van der Waals surface area contributed by atoms with Crippen LogP contribution < -0.4 is 0 Å². The molecular formula is C42H28N2S. The second-order valence-corrected chi connectivity index (χ2v) is 12.5. The van der Waals surface area contributed by atoms with Gasteiger partial charge in [0.1, 0.15) is 0 Å². The molecule has 0 fully saturated rings. The van der Waals surface area contributed by atoms with E-state index in [0.717, 1.165) is 0 Å². The third kappa shape index (κ3) is 4.32. The van der Waals surface area contributed by atoms with E-state index in [1.165, 1.54) is 80.6 Å². The number of nitrogens with one attached hydrogen (secondary N) is 1. The van der Waals surface area contributed by atoms with E-state index in [4.69, 9.17) is 0 Å². The van der Waals surface area contributed by atoms with Gasteiger partial charge in [0.2, 0.25) is 0 Å². The van der Waals surface area contributed by atoms with Gasteiger partial charge < -0.3 is 9.55 Å². The van der Waals surface area contributed by atoms with Gasteiger partial charge in [-0.2, -0.15) is 0 Å². The van der Waals surface area contributed by atoms with Crippen LogP contribution in [0.25, 0.3) is 80.6 Å². The van der Waals surface area contributed by atoms with Crippen molar-refractivity contribution in [1.82, 2.24) is 9.55 Å². The van der Waals surface area contributed by atoms with Crippen LogP contribution in [0.4, 0.5) is 0 Å². The normalized spacial score (nSPS) is 11.6. The van der Waals surface area contributed by atoms with Crippen molar-refractivity contribution in [3.63, 3.8) is 0 Å². The fourth-order valence-corrected chi connectivity index (χ4v) is 7.82. The van der Waals surface area contributed by atoms with E-state index in [2.05, 4.69) is 173 Å². The molecule has 3 heterocycles. The van der Waals surface area contributed by atoms with E-state index >= 15 is 0 Å². The SMILES string of the molecule is c1ccc(-n2c3ccccc3c3cc(-c4ccc5[nH]c6ccccc6c5c4)ccc32)cc1.c1ccc2c(c1)sc1ccccc12. The van der Waals surface area contributed by atoms with Gasteiger partial charge in [0.25, 0.3) is 0 Å². The van der Waals surface area contributed by atoms with Gasteiger partial charge in [-0.05, 0) is 71.8 Å². The number of fused-ring (bicyclic) bond motifs is 9. The predicted molar refractivity (Wildman–Crippen MR) is 195 cm³/mol. The molecule has 0 amide bonds. The maximum Gasteiger partial charge on any atom is 0.0541 e. The Bertz CT molecular complexity index is 2600. The van der Waals surface area contributed by atoms with E-state index in [9.17, 15) is 0 Å². The van der Waals surface area contributed by atoms with E-state index in [0.29, 0.717) is 0 Å². The average Bonchev–Trinajstić information content (AvgIpc) is 3.78. The van der Waals surface area contributed by atoms with Crippen molar-refractivity contribution < 1.29 is 0 Å². The number of H-pyrrole nitrogens is 1. The highest BCUT2D eigenvalue weighted by Crippen LogP contribution is 2.36. The average molecular weight is 593 g/mol. The molecule has 3 heteroatoms. The molecular weight excluding hydrogens is 565 g/mol. The summed E-state index contributed by atoms with van der Waals surface area (Å²) < 4.78 is 5.12. The molecule has 0 spiro atoms. The number of rotatable bonds is 2. The van der Waals surface area contributed by atoms with Crippen molar-refractivity contribution >= 4 is 75.1 Å². The van der Waals surface area contributed by atoms with E-state index < -0.39 is 0 Å². The van der Waals surface area contributed by atoms with Crippen LogP contribution in [0.3, 0.4) is 0 Å². The first-order chi connectivity index (χ1) is 22.3. The Morgan fingerprint density at radius 3 is 1.67 bits per heavy atom. The quantitative estimate of drug-likeness (QED) is 0.206. The van der Waals surface area contributed by atoms with E-state index in [1.54, 1.807) is 0 Å². The maximum atomic E-state index is 3.53. The van der Waals surface area contributed by atoms with Gasteiger partial charge >= 0.3 is 0 Å². The molecule has 0 unspecified atom stereocenters. The fraction of sp³-hybridized carbons (Fsp3) is 0. The zero-order valence-corrected chi connectivity index (χ0v) is 25.3. The van der Waals surface area contributed by atoms with Crippen LogP contribution in [0, 0.1) is 0 Å². The first-order valence-corrected chi connectivity index (χ1v) is 16.1. The Morgan fingerprint density at radius 1 is 0.378 bits per heavy atom. The number of benzene rings is 7. The molecule has 7 aromatic carbocycles. The molecule has 10 aromatic rings. The molecule has 212 valence electrons. The van der Waals surface area contributed by atoms with Gasteiger partial charge in [0.05, 0.1) is 11.0 Å². The fourth-order valence-electron chi connectivity index (χ4n) is 6.71. The molecule has 0 atom stereocenters. The van der Waals surface area contributed by atoms with Crippen molar-refractivity contribution in [2.75, 3.05) is 0 Å². The Morgan fingerprint density at radius 2 is 0.911 bits per heavy atom. The molecule has 10 rings (SSSR count). The van der Waals surface area contributed by atoms with Crippen LogP contribution in [0.5, 0.6) is 0 Å². The summed E-state index contributed by atoms with van der Waals surface area (Å²) in [5.74, 6) is 0. The molecule has 1 N–H and O–H groups in total. The molecule has 0 aliphatic rings. The summed E-state index contributed by atoms with van der Waals surface area (Å²) in [6, 6.07) is 58.5. The summed E-state index contributed by atoms with van der Waals surface area (Å²) >= 11 is 1.86. The molecule has 0 saturated heterocycles. The highest BCUT2D eigenvalue weighted by atomic mass is 32.1. The number of para-hydroxylation sites is 3. The van der Waals surface area contributed by atoms with Crippen molar-refractivity contribution in [2.45, 2.75) is 0 Å². The molecule has 0 radical (unpaired) electrons. The van der Waals surface area contributed by atoms with Gasteiger partial charge in [-0.25, -0.2) is 0 Å². The smallest absolute Gasteiger partial charge is 0.0541 e. The minimum absolute atomic E-state index is 1.18. The minimum atomic E-state index is 1.18. The standard InChI is InChI=1S/C30H20N2.C12H8S/c1-2-8-22(9-3-1)32-29-13-7-5-11-24(29)26-19-21(15-17-30(26)32)20-14-16-28-25(18-20)23-10-4-6-12-27(23)31-28;1-3-7-11-9(5-1)10-6-2-4-8-12(10)13-11/h1-19,31H;1-8H. The molecule has 0 saturated carbocycles. The Kier molecular flexibility index (Phi) is 6.03. The highest BCUT2D eigenvalue weighted by molar-refractivity contribution is 7.25. The van der Waals surface area contributed by atoms with E-state index in [-0.39, 0.29) is 0 Å². The summed E-state index contributed by atoms with van der Waals surface area (Å²) in [6.07, 6.45) is 0. The Balaban J connectivity index is 0.000000180. The third-order valence-corrected chi connectivity index (χ3v) is 9.96. The molecule has 45 heavy (non-hydrogen) atoms. The highest BCUT2D eigenvalue weighted by Gasteiger charge is 2.13. The van der Waals surface area contributed by atoms with Crippen LogP contribution in [-0.2, 0) is 0 Å². The number of nitrogens with zero attached hydrogens (tertiary/aromatic N) is 1. The second kappa shape index (κ2) is 10.5. The predicted octanol–water partition coefficient (Wildman–Crippen LogP) is 12.1. The summed E-state index contributed by atoms with van der Waals surface area (Å²) in [6.45, 7) is 0. The first kappa shape index (κ1) is 25.8. The zero-order chi connectivity index (χ0) is 29.7. The molecule has 0 bridgehead atoms. The lowest BCUT2D eigenvalue weighted by atomic mass is 10.0. The van der Waals surface area contributed by atoms with Crippen LogP contribution >= 0.6 is 11.3 Å². The largest absolute Gasteiger partial charge is 0.355 e. The van der Waals surface area contributed by atoms with Crippen LogP contribution in [0.1, 0.15) is 0 Å². The van der Waals surface area contributed by atoms with Crippen molar-refractivity contribution in [2.24, 2.45) is 0 Å². The van der Waals surface area contributed by atoms with Crippen LogP contribution in [0.15, 0.2) is 164 Å². The summed E-state index contributed by atoms with van der Waals surface area (Å²) in [7, 11) is 0. The number of aromatic amines is 1. The third-order valence-electron chi connectivity index (χ3n) is 8.81. The molecule has 0 aliphatic carbocycles. The van der Waals surface area contributed by atoms with Gasteiger partial charge in [-0.3, -0.25) is 0 Å². The van der Waals surface area contributed by atoms with Crippen LogP contribution in [-0.4, -0.2) is 9.55 Å². The van der Waals surface area contributed by atoms with Gasteiger partial charge in [-0.15, -0.1) is 11.3 Å². The minimum Gasteiger partial charge on any atom is -0.355 e. The van der Waals surface area contributed by atoms with Crippen LogP contribution in [0.2, 0.25) is 0 Å². The topological polar surface area (TPSA) is 20.7 Å². The number of thiophene rings is 1. The summed E-state index contributed by atoms with van der Waals surface area (Å²) in [5, 5.41) is 7.85. The van der Waals surface area contributed by atoms with Gasteiger partial charge in [0.15, 0.2) is 0 Å². The summed E-state index contributed by atoms with van der Waals surface area (Å²) in [5.41, 5.74) is 8.48. The summed E-state index contributed by atoms with van der Waals surface area (Å²) in [4.78, 5) is 3.53. The molecule has 0 aliphatic heterocycles. The monoisotopic (exact) mass is 592 g/mol. The lowest BCUT2D eigenvalue weighted by Crippen LogP contribution is -1.92. The first-order valence-electron chi connectivity index (χ1n) is 15.3. The zero-order valence-electron chi connectivity index (χ0n) is 24.4. The van der Waals surface area contributed by atoms with E-state index in [1.807, 2.05) is 11.3 Å². The number of hydrogen-bond donors (Lipinski definition) is 1. The molecule has 3 aromatic heterocycles. The molecule has 2 nitrogen and oxygen atoms in total. The van der Waals surface area contributed by atoms with Crippen molar-refractivity contribution in [3.8, 4) is 16.8 Å². The van der Waals surface area contributed by atoms with Gasteiger partial charge in [0, 0.05) is 58.4 Å². The second-order valence-electron chi connectivity index (χ2n) is 11.4. The Hall–Kier alpha value is -5.64. The van der Waals surface area contributed by atoms with Crippen molar-refractivity contribution in [1.29, 1.82) is 0 Å². The van der Waals surface area contributed by atoms with Crippen molar-refractivity contribution in [3.05, 3.63) is 164 Å². The lowest BCUT2D eigenvalue weighted by molar-refractivity contribution is 1.18. The Labute approximate surface area is 264 Å².